The molecule has 5 heteroatoms. The van der Waals surface area contributed by atoms with Crippen LogP contribution in [0.15, 0.2) is 16.8 Å². The fraction of sp³-hybridized carbons (Fsp3) is 0. The molecule has 60 valence electrons. The maximum absolute atomic E-state index is 10.6. The van der Waals surface area contributed by atoms with Gasteiger partial charge in [0.15, 0.2) is 5.69 Å². The molecule has 0 bridgehead atoms. The van der Waals surface area contributed by atoms with Crippen molar-refractivity contribution in [3.05, 3.63) is 22.5 Å². The van der Waals surface area contributed by atoms with Crippen LogP contribution >= 0.6 is 11.3 Å². The Hall–Kier alpha value is -1.49. The quantitative estimate of drug-likeness (QED) is 0.719. The number of hydrogen-bond acceptors (Lipinski definition) is 4. The largest absolute Gasteiger partial charge is 0.476 e. The number of aromatic carboxylic acids is 1. The monoisotopic (exact) mass is 180 g/mol. The van der Waals surface area contributed by atoms with Gasteiger partial charge in [-0.25, -0.2) is 4.79 Å². The summed E-state index contributed by atoms with van der Waals surface area (Å²) in [7, 11) is 0. The molecule has 0 aromatic heterocycles. The molecule has 0 spiro atoms. The molecule has 0 saturated carbocycles. The lowest BCUT2D eigenvalue weighted by Gasteiger charge is -1.92. The van der Waals surface area contributed by atoms with Gasteiger partial charge in [-0.05, 0) is 11.4 Å². The van der Waals surface area contributed by atoms with Crippen molar-refractivity contribution >= 4 is 17.3 Å². The van der Waals surface area contributed by atoms with Gasteiger partial charge in [-0.15, -0.1) is 10.2 Å². The van der Waals surface area contributed by atoms with Crippen molar-refractivity contribution in [2.75, 3.05) is 0 Å². The van der Waals surface area contributed by atoms with Crippen LogP contribution in [0.1, 0.15) is 10.5 Å². The average molecular weight is 180 g/mol. The molecule has 1 N–H and O–H groups in total. The maximum atomic E-state index is 10.6. The third-order valence-electron chi connectivity index (χ3n) is 1.48. The molecule has 2 rings (SSSR count). The van der Waals surface area contributed by atoms with E-state index >= 15 is 0 Å². The summed E-state index contributed by atoms with van der Waals surface area (Å²) in [6, 6.07) is 1.75. The summed E-state index contributed by atoms with van der Waals surface area (Å²) in [6.45, 7) is 0. The van der Waals surface area contributed by atoms with E-state index in [9.17, 15) is 4.79 Å². The fourth-order valence-electron chi connectivity index (χ4n) is 0.941. The predicted molar refractivity (Wildman–Crippen MR) is 43.5 cm³/mol. The zero-order valence-electron chi connectivity index (χ0n) is 5.89. The van der Waals surface area contributed by atoms with Crippen molar-refractivity contribution in [2.45, 2.75) is 0 Å². The third kappa shape index (κ3) is 0.947. The minimum atomic E-state index is -1.03. The van der Waals surface area contributed by atoms with Crippen LogP contribution in [0.3, 0.4) is 0 Å². The van der Waals surface area contributed by atoms with Gasteiger partial charge < -0.3 is 5.11 Å². The van der Waals surface area contributed by atoms with Crippen LogP contribution < -0.4 is 0 Å². The van der Waals surface area contributed by atoms with E-state index < -0.39 is 5.97 Å². The van der Waals surface area contributed by atoms with E-state index in [0.717, 1.165) is 0 Å². The van der Waals surface area contributed by atoms with Crippen molar-refractivity contribution in [1.82, 2.24) is 10.2 Å². The van der Waals surface area contributed by atoms with E-state index in [-0.39, 0.29) is 5.69 Å². The maximum Gasteiger partial charge on any atom is 0.357 e. The van der Waals surface area contributed by atoms with E-state index in [2.05, 4.69) is 10.2 Å². The zero-order valence-corrected chi connectivity index (χ0v) is 6.71. The van der Waals surface area contributed by atoms with Crippen LogP contribution in [-0.2, 0) is 0 Å². The number of carboxylic acid groups (broad SMARTS) is 1. The Kier molecular flexibility index (Phi) is 1.51. The standard InChI is InChI=1S/C7H4N2O2S/c10-7(11)6-4-3-12-2-1-5(4)8-9-6/h1-3H,(H,10,11). The molecule has 0 fully saturated rings. The van der Waals surface area contributed by atoms with Crippen molar-refractivity contribution in [1.29, 1.82) is 0 Å². The molecule has 2 aliphatic heterocycles. The molecule has 0 saturated heterocycles. The first-order valence-corrected chi connectivity index (χ1v) is 4.15. The number of aromatic nitrogens is 2. The normalized spacial score (nSPS) is 10.3. The zero-order chi connectivity index (χ0) is 8.55. The average Bonchev–Trinajstić information content (AvgIpc) is 2.47. The Morgan fingerprint density at radius 1 is 1.50 bits per heavy atom. The van der Waals surface area contributed by atoms with Crippen LogP contribution in [0.4, 0.5) is 0 Å². The molecule has 0 aliphatic carbocycles. The van der Waals surface area contributed by atoms with E-state index in [1.807, 2.05) is 5.38 Å². The summed E-state index contributed by atoms with van der Waals surface area (Å²) < 4.78 is 0. The lowest BCUT2D eigenvalue weighted by molar-refractivity contribution is 0.0691. The molecule has 0 atom stereocenters. The Labute approximate surface area is 71.8 Å². The van der Waals surface area contributed by atoms with Gasteiger partial charge in [-0.3, -0.25) is 0 Å². The number of fused-ring (bicyclic) bond motifs is 1. The van der Waals surface area contributed by atoms with Crippen LogP contribution in [0.5, 0.6) is 0 Å². The van der Waals surface area contributed by atoms with E-state index in [0.29, 0.717) is 11.3 Å². The van der Waals surface area contributed by atoms with Gasteiger partial charge in [0.25, 0.3) is 0 Å². The summed E-state index contributed by atoms with van der Waals surface area (Å²) >= 11 is 1.42. The molecule has 0 amide bonds. The second-order valence-electron chi connectivity index (χ2n) is 2.21. The first kappa shape index (κ1) is 7.17. The second-order valence-corrected chi connectivity index (χ2v) is 2.99. The van der Waals surface area contributed by atoms with E-state index in [1.54, 1.807) is 11.4 Å². The van der Waals surface area contributed by atoms with Crippen LogP contribution in [0, 0.1) is 0 Å². The molecule has 2 heterocycles. The minimum absolute atomic E-state index is 0.0295. The highest BCUT2D eigenvalue weighted by molar-refractivity contribution is 7.07. The highest BCUT2D eigenvalue weighted by Crippen LogP contribution is 2.23. The van der Waals surface area contributed by atoms with Crippen LogP contribution in [0.2, 0.25) is 0 Å². The summed E-state index contributed by atoms with van der Waals surface area (Å²) in [4.78, 5) is 10.6. The topological polar surface area (TPSA) is 63.1 Å². The Balaban J connectivity index is 2.67. The molecular formula is C7H4N2O2S. The van der Waals surface area contributed by atoms with Crippen molar-refractivity contribution in [3.8, 4) is 11.3 Å². The molecule has 2 aliphatic rings. The first-order chi connectivity index (χ1) is 5.79. The summed E-state index contributed by atoms with van der Waals surface area (Å²) in [6.07, 6.45) is 0. The first-order valence-electron chi connectivity index (χ1n) is 3.21. The highest BCUT2D eigenvalue weighted by Gasteiger charge is 2.17. The van der Waals surface area contributed by atoms with Gasteiger partial charge in [-0.2, -0.15) is 11.3 Å². The summed E-state index contributed by atoms with van der Waals surface area (Å²) in [5.41, 5.74) is 1.27. The van der Waals surface area contributed by atoms with Crippen molar-refractivity contribution in [3.63, 3.8) is 0 Å². The molecule has 0 unspecified atom stereocenters. The lowest BCUT2D eigenvalue weighted by atomic mass is 10.2. The Morgan fingerprint density at radius 2 is 2.33 bits per heavy atom. The highest BCUT2D eigenvalue weighted by atomic mass is 32.1. The molecule has 0 radical (unpaired) electrons. The molecule has 0 aromatic carbocycles. The second kappa shape index (κ2) is 2.53. The van der Waals surface area contributed by atoms with Gasteiger partial charge in [0.05, 0.1) is 5.69 Å². The lowest BCUT2D eigenvalue weighted by Crippen LogP contribution is -1.97. The fourth-order valence-corrected chi connectivity index (χ4v) is 1.60. The molecular weight excluding hydrogens is 176 g/mol. The SMILES string of the molecule is O=C(O)c1nnc2ccscc1-2. The number of carbonyl (C=O) groups is 1. The number of carboxylic acids is 1. The number of nitrogens with zero attached hydrogens (tertiary/aromatic N) is 2. The summed E-state index contributed by atoms with van der Waals surface area (Å²) in [5, 5.41) is 19.5. The van der Waals surface area contributed by atoms with Gasteiger partial charge in [0.1, 0.15) is 0 Å². The van der Waals surface area contributed by atoms with Gasteiger partial charge >= 0.3 is 5.97 Å². The van der Waals surface area contributed by atoms with Gasteiger partial charge in [-0.1, -0.05) is 0 Å². The predicted octanol–water partition coefficient (Wildman–Crippen LogP) is 1.34. The molecule has 12 heavy (non-hydrogen) atoms. The smallest absolute Gasteiger partial charge is 0.357 e. The third-order valence-corrected chi connectivity index (χ3v) is 2.15. The van der Waals surface area contributed by atoms with Crippen LogP contribution in [-0.4, -0.2) is 21.3 Å². The van der Waals surface area contributed by atoms with Crippen molar-refractivity contribution < 1.29 is 9.90 Å². The number of rotatable bonds is 1. The number of hydrogen-bond donors (Lipinski definition) is 1. The summed E-state index contributed by atoms with van der Waals surface area (Å²) in [5.74, 6) is -1.03. The Morgan fingerprint density at radius 3 is 3.08 bits per heavy atom. The minimum Gasteiger partial charge on any atom is -0.476 e. The molecule has 4 nitrogen and oxygen atoms in total. The van der Waals surface area contributed by atoms with Gasteiger partial charge in [0.2, 0.25) is 0 Å². The van der Waals surface area contributed by atoms with Crippen LogP contribution in [0.25, 0.3) is 11.3 Å². The van der Waals surface area contributed by atoms with Gasteiger partial charge in [0, 0.05) is 10.9 Å². The Bertz CT molecular complexity index is 398. The van der Waals surface area contributed by atoms with Crippen molar-refractivity contribution in [2.24, 2.45) is 0 Å². The van der Waals surface area contributed by atoms with E-state index in [1.165, 1.54) is 11.3 Å². The van der Waals surface area contributed by atoms with E-state index in [4.69, 9.17) is 5.11 Å². The molecule has 0 aromatic rings.